The van der Waals surface area contributed by atoms with Gasteiger partial charge in [-0.2, -0.15) is 13.1 Å². The monoisotopic (exact) mass is 469 g/mol. The van der Waals surface area contributed by atoms with Crippen LogP contribution in [0.5, 0.6) is 11.5 Å². The van der Waals surface area contributed by atoms with E-state index in [0.717, 1.165) is 25.7 Å². The van der Waals surface area contributed by atoms with Gasteiger partial charge in [0.1, 0.15) is 6.61 Å². The van der Waals surface area contributed by atoms with Crippen LogP contribution in [0.25, 0.3) is 0 Å². The van der Waals surface area contributed by atoms with Gasteiger partial charge in [0.05, 0.1) is 17.6 Å². The molecule has 0 atom stereocenters. The van der Waals surface area contributed by atoms with E-state index in [0.29, 0.717) is 18.7 Å². The van der Waals surface area contributed by atoms with Crippen molar-refractivity contribution >= 4 is 16.0 Å². The summed E-state index contributed by atoms with van der Waals surface area (Å²) in [4.78, 5) is 12.6. The van der Waals surface area contributed by atoms with Crippen molar-refractivity contribution in [1.29, 1.82) is 0 Å². The summed E-state index contributed by atoms with van der Waals surface area (Å²) in [5, 5.41) is 0. The van der Waals surface area contributed by atoms with Crippen LogP contribution < -0.4 is 9.47 Å². The van der Waals surface area contributed by atoms with Gasteiger partial charge in [0, 0.05) is 13.1 Å². The van der Waals surface area contributed by atoms with Crippen LogP contribution in [0, 0.1) is 0 Å². The number of carbonyl (C=O) groups excluding carboxylic acids is 1. The SMILES string of the molecule is COc1cc(COC(=O)c2cccc(S(=O)(=O)N3CCCCCC3)c2)ccc1OC(F)F. The Morgan fingerprint density at radius 1 is 1.03 bits per heavy atom. The van der Waals surface area contributed by atoms with Crippen LogP contribution in [-0.4, -0.2) is 45.5 Å². The van der Waals surface area contributed by atoms with Gasteiger partial charge in [0.2, 0.25) is 10.0 Å². The van der Waals surface area contributed by atoms with Crippen molar-refractivity contribution in [3.05, 3.63) is 53.6 Å². The van der Waals surface area contributed by atoms with Gasteiger partial charge in [-0.3, -0.25) is 0 Å². The molecule has 32 heavy (non-hydrogen) atoms. The molecule has 1 fully saturated rings. The summed E-state index contributed by atoms with van der Waals surface area (Å²) in [5.41, 5.74) is 0.593. The van der Waals surface area contributed by atoms with Crippen molar-refractivity contribution in [2.24, 2.45) is 0 Å². The highest BCUT2D eigenvalue weighted by molar-refractivity contribution is 7.89. The van der Waals surface area contributed by atoms with Crippen molar-refractivity contribution in [1.82, 2.24) is 4.31 Å². The number of benzene rings is 2. The van der Waals surface area contributed by atoms with Gasteiger partial charge >= 0.3 is 12.6 Å². The Morgan fingerprint density at radius 3 is 2.41 bits per heavy atom. The van der Waals surface area contributed by atoms with E-state index in [1.54, 1.807) is 0 Å². The Kier molecular flexibility index (Phi) is 8.03. The first-order chi connectivity index (χ1) is 15.3. The van der Waals surface area contributed by atoms with E-state index in [9.17, 15) is 22.0 Å². The van der Waals surface area contributed by atoms with E-state index >= 15 is 0 Å². The number of carbonyl (C=O) groups is 1. The molecular formula is C22H25F2NO6S. The molecule has 0 amide bonds. The minimum absolute atomic E-state index is 0.0454. The fraction of sp³-hybridized carbons (Fsp3) is 0.409. The molecule has 0 N–H and O–H groups in total. The highest BCUT2D eigenvalue weighted by Gasteiger charge is 2.26. The molecular weight excluding hydrogens is 444 g/mol. The molecule has 1 aliphatic heterocycles. The lowest BCUT2D eigenvalue weighted by molar-refractivity contribution is -0.0512. The highest BCUT2D eigenvalue weighted by Crippen LogP contribution is 2.30. The molecule has 7 nitrogen and oxygen atoms in total. The van der Waals surface area contributed by atoms with E-state index < -0.39 is 22.6 Å². The van der Waals surface area contributed by atoms with E-state index in [2.05, 4.69) is 4.74 Å². The zero-order valence-corrected chi connectivity index (χ0v) is 18.4. The molecule has 1 aliphatic rings. The zero-order chi connectivity index (χ0) is 23.1. The average molecular weight is 470 g/mol. The minimum Gasteiger partial charge on any atom is -0.493 e. The Labute approximate surface area is 185 Å². The normalized spacial score (nSPS) is 15.2. The van der Waals surface area contributed by atoms with E-state index in [4.69, 9.17) is 9.47 Å². The van der Waals surface area contributed by atoms with Crippen molar-refractivity contribution in [2.75, 3.05) is 20.2 Å². The molecule has 174 valence electrons. The number of nitrogens with zero attached hydrogens (tertiary/aromatic N) is 1. The van der Waals surface area contributed by atoms with E-state index in [1.165, 1.54) is 53.9 Å². The number of halogens is 2. The second kappa shape index (κ2) is 10.7. The summed E-state index contributed by atoms with van der Waals surface area (Å²) < 4.78 is 66.9. The largest absolute Gasteiger partial charge is 0.493 e. The number of alkyl halides is 2. The molecule has 0 aromatic heterocycles. The molecule has 1 saturated heterocycles. The predicted molar refractivity (Wildman–Crippen MR) is 112 cm³/mol. The maximum atomic E-state index is 13.0. The fourth-order valence-corrected chi connectivity index (χ4v) is 5.01. The van der Waals surface area contributed by atoms with Crippen LogP contribution in [0.3, 0.4) is 0 Å². The number of esters is 1. The van der Waals surface area contributed by atoms with Crippen LogP contribution in [0.2, 0.25) is 0 Å². The van der Waals surface area contributed by atoms with Crippen molar-refractivity contribution in [2.45, 2.75) is 43.8 Å². The highest BCUT2D eigenvalue weighted by atomic mass is 32.2. The van der Waals surface area contributed by atoms with Crippen LogP contribution in [-0.2, 0) is 21.4 Å². The molecule has 0 saturated carbocycles. The lowest BCUT2D eigenvalue weighted by atomic mass is 10.2. The third-order valence-corrected chi connectivity index (χ3v) is 6.98. The van der Waals surface area contributed by atoms with Gasteiger partial charge < -0.3 is 14.2 Å². The lowest BCUT2D eigenvalue weighted by Crippen LogP contribution is -2.32. The number of hydrogen-bond donors (Lipinski definition) is 0. The number of sulfonamides is 1. The smallest absolute Gasteiger partial charge is 0.387 e. The molecule has 2 aromatic carbocycles. The first kappa shape index (κ1) is 23.9. The first-order valence-corrected chi connectivity index (χ1v) is 11.6. The predicted octanol–water partition coefficient (Wildman–Crippen LogP) is 4.22. The minimum atomic E-state index is -3.70. The molecule has 0 radical (unpaired) electrons. The molecule has 0 aliphatic carbocycles. The Bertz CT molecular complexity index is 1040. The molecule has 10 heteroatoms. The number of methoxy groups -OCH3 is 1. The summed E-state index contributed by atoms with van der Waals surface area (Å²) in [6.07, 6.45) is 3.62. The Hall–Kier alpha value is -2.72. The topological polar surface area (TPSA) is 82.1 Å². The second-order valence-electron chi connectivity index (χ2n) is 7.29. The average Bonchev–Trinajstić information content (AvgIpc) is 3.08. The van der Waals surface area contributed by atoms with E-state index in [1.807, 2.05) is 0 Å². The van der Waals surface area contributed by atoms with Gasteiger partial charge in [-0.05, 0) is 48.7 Å². The lowest BCUT2D eigenvalue weighted by Gasteiger charge is -2.20. The summed E-state index contributed by atoms with van der Waals surface area (Å²) >= 11 is 0. The van der Waals surface area contributed by atoms with Crippen molar-refractivity contribution < 1.29 is 36.2 Å². The molecule has 0 unspecified atom stereocenters. The summed E-state index contributed by atoms with van der Waals surface area (Å²) in [6, 6.07) is 9.93. The van der Waals surface area contributed by atoms with Gasteiger partial charge in [0.15, 0.2) is 11.5 Å². The van der Waals surface area contributed by atoms with Crippen LogP contribution in [0.15, 0.2) is 47.4 Å². The molecule has 0 spiro atoms. The first-order valence-electron chi connectivity index (χ1n) is 10.2. The molecule has 2 aromatic rings. The molecule has 3 rings (SSSR count). The molecule has 0 bridgehead atoms. The Balaban J connectivity index is 1.70. The van der Waals surface area contributed by atoms with Gasteiger partial charge in [-0.1, -0.05) is 25.0 Å². The van der Waals surface area contributed by atoms with Crippen molar-refractivity contribution in [3.8, 4) is 11.5 Å². The van der Waals surface area contributed by atoms with Crippen molar-refractivity contribution in [3.63, 3.8) is 0 Å². The third kappa shape index (κ3) is 5.95. The summed E-state index contributed by atoms with van der Waals surface area (Å²) in [7, 11) is -2.39. The quantitative estimate of drug-likeness (QED) is 0.539. The summed E-state index contributed by atoms with van der Waals surface area (Å²) in [6.45, 7) is -2.23. The number of rotatable bonds is 8. The fourth-order valence-electron chi connectivity index (χ4n) is 3.44. The maximum absolute atomic E-state index is 13.0. The van der Waals surface area contributed by atoms with Gasteiger partial charge in [0.25, 0.3) is 0 Å². The van der Waals surface area contributed by atoms with Gasteiger partial charge in [-0.15, -0.1) is 0 Å². The number of ether oxygens (including phenoxy) is 3. The van der Waals surface area contributed by atoms with Gasteiger partial charge in [-0.25, -0.2) is 13.2 Å². The van der Waals surface area contributed by atoms with Crippen LogP contribution in [0.1, 0.15) is 41.6 Å². The zero-order valence-electron chi connectivity index (χ0n) is 17.6. The molecule has 1 heterocycles. The Morgan fingerprint density at radius 2 is 1.75 bits per heavy atom. The maximum Gasteiger partial charge on any atom is 0.387 e. The number of hydrogen-bond acceptors (Lipinski definition) is 6. The van der Waals surface area contributed by atoms with Crippen LogP contribution in [0.4, 0.5) is 8.78 Å². The standard InChI is InChI=1S/C22H25F2NO6S/c1-29-20-13-16(9-10-19(20)31-22(23)24)15-30-21(26)17-7-6-8-18(14-17)32(27,28)25-11-4-2-3-5-12-25/h6-10,13-14,22H,2-5,11-12,15H2,1H3. The third-order valence-electron chi connectivity index (χ3n) is 5.09. The van der Waals surface area contributed by atoms with E-state index in [-0.39, 0.29) is 28.6 Å². The van der Waals surface area contributed by atoms with Crippen LogP contribution >= 0.6 is 0 Å². The summed E-state index contributed by atoms with van der Waals surface area (Å²) in [5.74, 6) is -0.766. The second-order valence-corrected chi connectivity index (χ2v) is 9.22.